The molecule has 52 valence electrons. The van der Waals surface area contributed by atoms with Crippen molar-refractivity contribution >= 4 is 0 Å². The largest absolute Gasteiger partial charge is 0.306 e. The maximum absolute atomic E-state index is 2.39. The predicted octanol–water partition coefficient (Wildman–Crippen LogP) is 1.66. The van der Waals surface area contributed by atoms with E-state index in [1.165, 1.54) is 32.4 Å². The summed E-state index contributed by atoms with van der Waals surface area (Å²) in [6.07, 6.45) is 8.41. The molecule has 0 aliphatic carbocycles. The van der Waals surface area contributed by atoms with Crippen LogP contribution in [0.15, 0.2) is 12.2 Å². The third-order valence-corrected chi connectivity index (χ3v) is 1.75. The fraction of sp³-hybridized carbons (Fsp3) is 0.750. The Morgan fingerprint density at radius 1 is 1.11 bits per heavy atom. The van der Waals surface area contributed by atoms with Gasteiger partial charge in [-0.1, -0.05) is 12.2 Å². The van der Waals surface area contributed by atoms with Gasteiger partial charge in [0.25, 0.3) is 0 Å². The van der Waals surface area contributed by atoms with Crippen LogP contribution in [0.4, 0.5) is 0 Å². The third-order valence-electron chi connectivity index (χ3n) is 1.75. The monoisotopic (exact) mass is 125 g/mol. The summed E-state index contributed by atoms with van der Waals surface area (Å²) in [7, 11) is 2.19. The quantitative estimate of drug-likeness (QED) is 0.445. The molecule has 1 aliphatic heterocycles. The highest BCUT2D eigenvalue weighted by Crippen LogP contribution is 2.00. The van der Waals surface area contributed by atoms with Crippen molar-refractivity contribution in [1.82, 2.24) is 4.90 Å². The zero-order valence-corrected chi connectivity index (χ0v) is 6.14. The Bertz CT molecular complexity index is 96.7. The molecule has 1 nitrogen and oxygen atoms in total. The molecule has 0 N–H and O–H groups in total. The standard InChI is InChI=1S/C8H15N/c1-9-7-5-3-2-4-6-8-9/h2-3H,4-8H2,1H3/b3-2-. The number of allylic oxidation sites excluding steroid dienone is 1. The lowest BCUT2D eigenvalue weighted by Crippen LogP contribution is -2.21. The van der Waals surface area contributed by atoms with Gasteiger partial charge in [0.1, 0.15) is 0 Å². The highest BCUT2D eigenvalue weighted by Gasteiger charge is 1.96. The second-order valence-electron chi connectivity index (χ2n) is 2.71. The van der Waals surface area contributed by atoms with Crippen LogP contribution in [0, 0.1) is 0 Å². The average Bonchev–Trinajstić information content (AvgIpc) is 1.79. The van der Waals surface area contributed by atoms with E-state index in [0.29, 0.717) is 0 Å². The Balaban J connectivity index is 2.27. The van der Waals surface area contributed by atoms with Crippen LogP contribution in [-0.2, 0) is 0 Å². The Kier molecular flexibility index (Phi) is 2.78. The summed E-state index contributed by atoms with van der Waals surface area (Å²) >= 11 is 0. The molecule has 0 atom stereocenters. The summed E-state index contributed by atoms with van der Waals surface area (Å²) in [6, 6.07) is 0. The van der Waals surface area contributed by atoms with E-state index in [4.69, 9.17) is 0 Å². The molecule has 0 saturated carbocycles. The van der Waals surface area contributed by atoms with Crippen molar-refractivity contribution < 1.29 is 0 Å². The normalized spacial score (nSPS) is 26.8. The van der Waals surface area contributed by atoms with Crippen LogP contribution >= 0.6 is 0 Å². The highest BCUT2D eigenvalue weighted by atomic mass is 15.1. The zero-order valence-electron chi connectivity index (χ0n) is 6.14. The first-order valence-corrected chi connectivity index (χ1v) is 3.73. The van der Waals surface area contributed by atoms with Gasteiger partial charge in [0.2, 0.25) is 0 Å². The number of hydrogen-bond acceptors (Lipinski definition) is 1. The summed E-state index contributed by atoms with van der Waals surface area (Å²) in [5, 5.41) is 0. The first-order valence-electron chi connectivity index (χ1n) is 3.73. The minimum Gasteiger partial charge on any atom is -0.306 e. The first kappa shape index (κ1) is 6.81. The SMILES string of the molecule is CN1CC/C=C\CCC1. The molecule has 0 aromatic carbocycles. The number of nitrogens with zero attached hydrogens (tertiary/aromatic N) is 1. The molecule has 1 rings (SSSR count). The first-order chi connectivity index (χ1) is 4.39. The second kappa shape index (κ2) is 3.67. The maximum Gasteiger partial charge on any atom is 0.00129 e. The van der Waals surface area contributed by atoms with Crippen LogP contribution in [0.3, 0.4) is 0 Å². The molecule has 0 bridgehead atoms. The summed E-state index contributed by atoms with van der Waals surface area (Å²) in [5.74, 6) is 0. The minimum absolute atomic E-state index is 1.23. The van der Waals surface area contributed by atoms with Crippen molar-refractivity contribution in [2.24, 2.45) is 0 Å². The molecule has 0 spiro atoms. The molecular formula is C8H15N. The van der Waals surface area contributed by atoms with Crippen LogP contribution in [-0.4, -0.2) is 25.0 Å². The number of hydrogen-bond donors (Lipinski definition) is 0. The smallest absolute Gasteiger partial charge is 0.00129 e. The topological polar surface area (TPSA) is 3.24 Å². The molecule has 1 heteroatoms. The molecule has 1 heterocycles. The molecule has 1 aliphatic rings. The van der Waals surface area contributed by atoms with E-state index in [-0.39, 0.29) is 0 Å². The van der Waals surface area contributed by atoms with Gasteiger partial charge in [0.15, 0.2) is 0 Å². The lowest BCUT2D eigenvalue weighted by molar-refractivity contribution is 0.333. The van der Waals surface area contributed by atoms with Crippen LogP contribution in [0.25, 0.3) is 0 Å². The molecule has 0 saturated heterocycles. The summed E-state index contributed by atoms with van der Waals surface area (Å²) < 4.78 is 0. The van der Waals surface area contributed by atoms with Crippen LogP contribution in [0.5, 0.6) is 0 Å². The van der Waals surface area contributed by atoms with Crippen LogP contribution < -0.4 is 0 Å². The lowest BCUT2D eigenvalue weighted by atomic mass is 10.2. The molecule has 0 unspecified atom stereocenters. The Morgan fingerprint density at radius 3 is 2.78 bits per heavy atom. The Labute approximate surface area is 57.4 Å². The van der Waals surface area contributed by atoms with Crippen LogP contribution in [0.2, 0.25) is 0 Å². The van der Waals surface area contributed by atoms with Crippen LogP contribution in [0.1, 0.15) is 19.3 Å². The molecule has 9 heavy (non-hydrogen) atoms. The van der Waals surface area contributed by atoms with E-state index in [0.717, 1.165) is 0 Å². The second-order valence-corrected chi connectivity index (χ2v) is 2.71. The summed E-state index contributed by atoms with van der Waals surface area (Å²) in [6.45, 7) is 2.50. The van der Waals surface area contributed by atoms with Crippen molar-refractivity contribution in [3.8, 4) is 0 Å². The van der Waals surface area contributed by atoms with E-state index in [9.17, 15) is 0 Å². The summed E-state index contributed by atoms with van der Waals surface area (Å²) in [4.78, 5) is 2.39. The lowest BCUT2D eigenvalue weighted by Gasteiger charge is -2.16. The van der Waals surface area contributed by atoms with Gasteiger partial charge in [0.05, 0.1) is 0 Å². The Morgan fingerprint density at radius 2 is 1.89 bits per heavy atom. The van der Waals surface area contributed by atoms with Crippen molar-refractivity contribution in [1.29, 1.82) is 0 Å². The molecule has 0 amide bonds. The fourth-order valence-electron chi connectivity index (χ4n) is 1.12. The van der Waals surface area contributed by atoms with Gasteiger partial charge in [-0.05, 0) is 32.9 Å². The number of rotatable bonds is 0. The van der Waals surface area contributed by atoms with Crippen molar-refractivity contribution in [3.63, 3.8) is 0 Å². The molecular weight excluding hydrogens is 110 g/mol. The molecule has 0 aromatic rings. The van der Waals surface area contributed by atoms with Gasteiger partial charge >= 0.3 is 0 Å². The third kappa shape index (κ3) is 2.66. The van der Waals surface area contributed by atoms with Crippen molar-refractivity contribution in [3.05, 3.63) is 12.2 Å². The van der Waals surface area contributed by atoms with E-state index < -0.39 is 0 Å². The van der Waals surface area contributed by atoms with Gasteiger partial charge in [0, 0.05) is 6.54 Å². The van der Waals surface area contributed by atoms with Gasteiger partial charge in [-0.15, -0.1) is 0 Å². The molecule has 0 aromatic heterocycles. The zero-order chi connectivity index (χ0) is 6.53. The highest BCUT2D eigenvalue weighted by molar-refractivity contribution is 4.84. The van der Waals surface area contributed by atoms with Gasteiger partial charge in [-0.25, -0.2) is 0 Å². The van der Waals surface area contributed by atoms with E-state index >= 15 is 0 Å². The van der Waals surface area contributed by atoms with Crippen molar-refractivity contribution in [2.45, 2.75) is 19.3 Å². The van der Waals surface area contributed by atoms with E-state index in [2.05, 4.69) is 24.1 Å². The van der Waals surface area contributed by atoms with Gasteiger partial charge in [-0.2, -0.15) is 0 Å². The minimum atomic E-state index is 1.23. The van der Waals surface area contributed by atoms with Gasteiger partial charge in [-0.3, -0.25) is 0 Å². The summed E-state index contributed by atoms with van der Waals surface area (Å²) in [5.41, 5.74) is 0. The van der Waals surface area contributed by atoms with Crippen molar-refractivity contribution in [2.75, 3.05) is 20.1 Å². The average molecular weight is 125 g/mol. The van der Waals surface area contributed by atoms with Gasteiger partial charge < -0.3 is 4.90 Å². The fourth-order valence-corrected chi connectivity index (χ4v) is 1.12. The maximum atomic E-state index is 2.39. The van der Waals surface area contributed by atoms with E-state index in [1.807, 2.05) is 0 Å². The predicted molar refractivity (Wildman–Crippen MR) is 40.5 cm³/mol. The molecule has 0 radical (unpaired) electrons. The Hall–Kier alpha value is -0.300. The molecule has 0 fully saturated rings. The van der Waals surface area contributed by atoms with E-state index in [1.54, 1.807) is 0 Å².